The lowest BCUT2D eigenvalue weighted by Crippen LogP contribution is -2.38. The molecule has 3 nitrogen and oxygen atoms in total. The Bertz CT molecular complexity index is 618. The van der Waals surface area contributed by atoms with E-state index in [2.05, 4.69) is 42.3 Å². The largest absolute Gasteiger partial charge is 0.387 e. The van der Waals surface area contributed by atoms with E-state index in [0.29, 0.717) is 0 Å². The fraction of sp³-hybridized carbons (Fsp3) is 0.471. The number of aliphatic hydroxyl groups excluding tert-OH is 1. The average molecular weight is 270 g/mol. The Balaban J connectivity index is 1.95. The van der Waals surface area contributed by atoms with E-state index < -0.39 is 6.10 Å². The van der Waals surface area contributed by atoms with E-state index in [4.69, 9.17) is 0 Å². The molecule has 2 atom stereocenters. The molecule has 1 fully saturated rings. The molecule has 0 amide bonds. The molecule has 2 aromatic rings. The zero-order chi connectivity index (χ0) is 14.1. The van der Waals surface area contributed by atoms with Crippen molar-refractivity contribution in [3.8, 4) is 0 Å². The van der Waals surface area contributed by atoms with Crippen molar-refractivity contribution in [3.63, 3.8) is 0 Å². The van der Waals surface area contributed by atoms with E-state index in [0.717, 1.165) is 29.4 Å². The SMILES string of the molecule is Cc1cc(C)c2ncc([C@@H](O)[C@H]3CCCCN3)cc2c1. The number of benzene rings is 1. The molecule has 0 spiro atoms. The molecule has 0 aliphatic carbocycles. The van der Waals surface area contributed by atoms with Crippen LogP contribution in [0.4, 0.5) is 0 Å². The van der Waals surface area contributed by atoms with E-state index in [1.807, 2.05) is 6.20 Å². The molecule has 1 aromatic carbocycles. The Morgan fingerprint density at radius 3 is 2.85 bits per heavy atom. The summed E-state index contributed by atoms with van der Waals surface area (Å²) in [5.74, 6) is 0. The van der Waals surface area contributed by atoms with Gasteiger partial charge in [0.1, 0.15) is 0 Å². The van der Waals surface area contributed by atoms with Gasteiger partial charge in [-0.2, -0.15) is 0 Å². The van der Waals surface area contributed by atoms with Crippen LogP contribution < -0.4 is 5.32 Å². The minimum Gasteiger partial charge on any atom is -0.387 e. The number of piperidine rings is 1. The number of hydrogen-bond donors (Lipinski definition) is 2. The van der Waals surface area contributed by atoms with Crippen LogP contribution in [0.3, 0.4) is 0 Å². The Labute approximate surface area is 120 Å². The molecule has 1 saturated heterocycles. The summed E-state index contributed by atoms with van der Waals surface area (Å²) in [7, 11) is 0. The molecule has 0 radical (unpaired) electrons. The van der Waals surface area contributed by atoms with Gasteiger partial charge in [-0.25, -0.2) is 0 Å². The molecule has 3 heteroatoms. The van der Waals surface area contributed by atoms with Gasteiger partial charge in [0.2, 0.25) is 0 Å². The highest BCUT2D eigenvalue weighted by molar-refractivity contribution is 5.82. The number of aromatic nitrogens is 1. The first kappa shape index (κ1) is 13.5. The Morgan fingerprint density at radius 2 is 2.10 bits per heavy atom. The van der Waals surface area contributed by atoms with Gasteiger partial charge >= 0.3 is 0 Å². The first-order chi connectivity index (χ1) is 9.65. The van der Waals surface area contributed by atoms with Gasteiger partial charge in [0, 0.05) is 23.2 Å². The third-order valence-corrected chi connectivity index (χ3v) is 4.21. The van der Waals surface area contributed by atoms with Crippen molar-refractivity contribution in [2.75, 3.05) is 6.54 Å². The molecule has 1 aliphatic rings. The van der Waals surface area contributed by atoms with Crippen LogP contribution in [0.2, 0.25) is 0 Å². The molecule has 106 valence electrons. The number of nitrogens with one attached hydrogen (secondary N) is 1. The lowest BCUT2D eigenvalue weighted by molar-refractivity contribution is 0.113. The number of rotatable bonds is 2. The molecule has 1 aromatic heterocycles. The third-order valence-electron chi connectivity index (χ3n) is 4.21. The van der Waals surface area contributed by atoms with Crippen molar-refractivity contribution in [3.05, 3.63) is 41.1 Å². The summed E-state index contributed by atoms with van der Waals surface area (Å²) in [4.78, 5) is 4.55. The van der Waals surface area contributed by atoms with Crippen LogP contribution in [0.15, 0.2) is 24.4 Å². The smallest absolute Gasteiger partial charge is 0.0958 e. The zero-order valence-electron chi connectivity index (χ0n) is 12.2. The lowest BCUT2D eigenvalue weighted by atomic mass is 9.94. The second-order valence-corrected chi connectivity index (χ2v) is 5.92. The summed E-state index contributed by atoms with van der Waals surface area (Å²) >= 11 is 0. The molecular formula is C17H22N2O. The first-order valence-electron chi connectivity index (χ1n) is 7.43. The van der Waals surface area contributed by atoms with Gasteiger partial charge in [-0.05, 0) is 50.9 Å². The van der Waals surface area contributed by atoms with Gasteiger partial charge in [-0.3, -0.25) is 4.98 Å². The number of nitrogens with zero attached hydrogens (tertiary/aromatic N) is 1. The Kier molecular flexibility index (Phi) is 3.72. The normalized spacial score (nSPS) is 21.1. The fourth-order valence-corrected chi connectivity index (χ4v) is 3.18. The topological polar surface area (TPSA) is 45.2 Å². The highest BCUT2D eigenvalue weighted by Crippen LogP contribution is 2.26. The van der Waals surface area contributed by atoms with Crippen molar-refractivity contribution in [2.24, 2.45) is 0 Å². The quantitative estimate of drug-likeness (QED) is 0.881. The molecule has 0 saturated carbocycles. The number of hydrogen-bond acceptors (Lipinski definition) is 3. The Morgan fingerprint density at radius 1 is 1.25 bits per heavy atom. The summed E-state index contributed by atoms with van der Waals surface area (Å²) in [5, 5.41) is 15.1. The monoisotopic (exact) mass is 270 g/mol. The molecule has 3 rings (SSSR count). The molecule has 2 heterocycles. The predicted molar refractivity (Wildman–Crippen MR) is 81.8 cm³/mol. The molecule has 20 heavy (non-hydrogen) atoms. The molecule has 1 aliphatic heterocycles. The van der Waals surface area contributed by atoms with Crippen molar-refractivity contribution in [2.45, 2.75) is 45.3 Å². The summed E-state index contributed by atoms with van der Waals surface area (Å²) in [6, 6.07) is 6.53. The summed E-state index contributed by atoms with van der Waals surface area (Å²) < 4.78 is 0. The molecular weight excluding hydrogens is 248 g/mol. The Hall–Kier alpha value is -1.45. The van der Waals surface area contributed by atoms with Crippen molar-refractivity contribution >= 4 is 10.9 Å². The minimum absolute atomic E-state index is 0.161. The van der Waals surface area contributed by atoms with Crippen LogP contribution in [0.1, 0.15) is 42.1 Å². The van der Waals surface area contributed by atoms with Crippen LogP contribution in [-0.2, 0) is 0 Å². The summed E-state index contributed by atoms with van der Waals surface area (Å²) in [6.45, 7) is 5.18. The summed E-state index contributed by atoms with van der Waals surface area (Å²) in [5.41, 5.74) is 4.38. The van der Waals surface area contributed by atoms with E-state index in [9.17, 15) is 5.11 Å². The zero-order valence-corrected chi connectivity index (χ0v) is 12.2. The maximum Gasteiger partial charge on any atom is 0.0958 e. The second kappa shape index (κ2) is 5.51. The maximum atomic E-state index is 10.5. The molecule has 0 unspecified atom stereocenters. The van der Waals surface area contributed by atoms with Crippen LogP contribution in [-0.4, -0.2) is 22.7 Å². The third kappa shape index (κ3) is 2.56. The first-order valence-corrected chi connectivity index (χ1v) is 7.43. The van der Waals surface area contributed by atoms with E-state index in [1.165, 1.54) is 24.0 Å². The number of pyridine rings is 1. The number of aliphatic hydroxyl groups is 1. The number of aryl methyl sites for hydroxylation is 2. The lowest BCUT2D eigenvalue weighted by Gasteiger charge is -2.28. The van der Waals surface area contributed by atoms with Gasteiger partial charge in [0.05, 0.1) is 11.6 Å². The van der Waals surface area contributed by atoms with Crippen LogP contribution in [0, 0.1) is 13.8 Å². The fourth-order valence-electron chi connectivity index (χ4n) is 3.18. The van der Waals surface area contributed by atoms with E-state index >= 15 is 0 Å². The van der Waals surface area contributed by atoms with E-state index in [1.54, 1.807) is 0 Å². The van der Waals surface area contributed by atoms with Crippen molar-refractivity contribution in [1.82, 2.24) is 10.3 Å². The summed E-state index contributed by atoms with van der Waals surface area (Å²) in [6.07, 6.45) is 4.79. The van der Waals surface area contributed by atoms with Gasteiger partial charge in [-0.1, -0.05) is 18.1 Å². The second-order valence-electron chi connectivity index (χ2n) is 5.92. The van der Waals surface area contributed by atoms with Crippen LogP contribution in [0.25, 0.3) is 10.9 Å². The molecule has 0 bridgehead atoms. The van der Waals surface area contributed by atoms with Gasteiger partial charge in [0.15, 0.2) is 0 Å². The van der Waals surface area contributed by atoms with Crippen molar-refractivity contribution < 1.29 is 5.11 Å². The maximum absolute atomic E-state index is 10.5. The minimum atomic E-state index is -0.465. The predicted octanol–water partition coefficient (Wildman–Crippen LogP) is 3.03. The van der Waals surface area contributed by atoms with Gasteiger partial charge in [0.25, 0.3) is 0 Å². The van der Waals surface area contributed by atoms with E-state index in [-0.39, 0.29) is 6.04 Å². The molecule has 2 N–H and O–H groups in total. The number of fused-ring (bicyclic) bond motifs is 1. The highest BCUT2D eigenvalue weighted by Gasteiger charge is 2.23. The van der Waals surface area contributed by atoms with Crippen LogP contribution >= 0.6 is 0 Å². The average Bonchev–Trinajstić information content (AvgIpc) is 2.46. The van der Waals surface area contributed by atoms with Crippen LogP contribution in [0.5, 0.6) is 0 Å². The van der Waals surface area contributed by atoms with Gasteiger partial charge < -0.3 is 10.4 Å². The standard InChI is InChI=1S/C17H22N2O/c1-11-7-12(2)16-13(8-11)9-14(10-19-16)17(20)15-5-3-4-6-18-15/h7-10,15,17-18,20H,3-6H2,1-2H3/t15-,17-/m1/s1. The highest BCUT2D eigenvalue weighted by atomic mass is 16.3. The van der Waals surface area contributed by atoms with Gasteiger partial charge in [-0.15, -0.1) is 0 Å². The van der Waals surface area contributed by atoms with Crippen molar-refractivity contribution in [1.29, 1.82) is 0 Å².